The maximum Gasteiger partial charge on any atom is 0.263 e. The number of halogens is 1. The van der Waals surface area contributed by atoms with E-state index in [2.05, 4.69) is 11.1 Å². The third-order valence-electron chi connectivity index (χ3n) is 5.63. The molecule has 2 aromatic carbocycles. The van der Waals surface area contributed by atoms with E-state index >= 15 is 0 Å². The number of nitrogens with zero attached hydrogens (tertiary/aromatic N) is 3. The average molecular weight is 438 g/mol. The lowest BCUT2D eigenvalue weighted by molar-refractivity contribution is -0.141. The number of para-hydroxylation sites is 1. The van der Waals surface area contributed by atoms with Crippen molar-refractivity contribution in [1.29, 1.82) is 5.26 Å². The minimum Gasteiger partial charge on any atom is -0.479 e. The highest BCUT2D eigenvalue weighted by molar-refractivity contribution is 6.31. The Morgan fingerprint density at radius 3 is 2.71 bits per heavy atom. The van der Waals surface area contributed by atoms with Gasteiger partial charge in [-0.3, -0.25) is 4.79 Å². The van der Waals surface area contributed by atoms with Crippen LogP contribution in [0.1, 0.15) is 44.1 Å². The molecule has 2 heterocycles. The van der Waals surface area contributed by atoms with Crippen molar-refractivity contribution in [1.82, 2.24) is 9.88 Å². The quantitative estimate of drug-likeness (QED) is 0.550. The summed E-state index contributed by atoms with van der Waals surface area (Å²) in [7, 11) is 0. The van der Waals surface area contributed by atoms with Gasteiger partial charge in [-0.05, 0) is 49.1 Å². The van der Waals surface area contributed by atoms with Crippen LogP contribution in [-0.2, 0) is 4.79 Å². The van der Waals surface area contributed by atoms with Gasteiger partial charge in [-0.15, -0.1) is 0 Å². The van der Waals surface area contributed by atoms with Crippen molar-refractivity contribution in [3.8, 4) is 11.8 Å². The Balaban J connectivity index is 1.43. The zero-order chi connectivity index (χ0) is 22.0. The average Bonchev–Trinajstić information content (AvgIpc) is 3.20. The van der Waals surface area contributed by atoms with Crippen LogP contribution in [0.25, 0.3) is 11.1 Å². The summed E-state index contributed by atoms with van der Waals surface area (Å²) in [6, 6.07) is 14.5. The van der Waals surface area contributed by atoms with E-state index < -0.39 is 6.10 Å². The number of ether oxygens (including phenoxy) is 1. The maximum atomic E-state index is 13.2. The fraction of sp³-hybridized carbons (Fsp3) is 0.375. The van der Waals surface area contributed by atoms with Gasteiger partial charge in [0.2, 0.25) is 0 Å². The van der Waals surface area contributed by atoms with E-state index in [1.165, 1.54) is 0 Å². The Hall–Kier alpha value is -3.04. The Kier molecular flexibility index (Phi) is 6.15. The van der Waals surface area contributed by atoms with Gasteiger partial charge >= 0.3 is 0 Å². The number of carbonyl (C=O) groups excluding carboxylic acids is 1. The molecule has 1 aliphatic rings. The molecule has 1 atom stereocenters. The van der Waals surface area contributed by atoms with Crippen molar-refractivity contribution in [2.45, 2.75) is 38.7 Å². The van der Waals surface area contributed by atoms with Crippen LogP contribution >= 0.6 is 11.6 Å². The van der Waals surface area contributed by atoms with Gasteiger partial charge in [0.25, 0.3) is 5.91 Å². The van der Waals surface area contributed by atoms with Crippen molar-refractivity contribution in [3.63, 3.8) is 0 Å². The first-order valence-electron chi connectivity index (χ1n) is 10.5. The lowest BCUT2D eigenvalue weighted by Crippen LogP contribution is -2.47. The van der Waals surface area contributed by atoms with Gasteiger partial charge in [0.05, 0.1) is 5.56 Å². The number of aromatic nitrogens is 1. The van der Waals surface area contributed by atoms with E-state index in [9.17, 15) is 10.1 Å². The van der Waals surface area contributed by atoms with Crippen molar-refractivity contribution in [2.24, 2.45) is 5.92 Å². The van der Waals surface area contributed by atoms with Crippen LogP contribution in [-0.4, -0.2) is 35.0 Å². The molecule has 1 amide bonds. The highest BCUT2D eigenvalue weighted by Crippen LogP contribution is 2.31. The lowest BCUT2D eigenvalue weighted by Gasteiger charge is -2.34. The van der Waals surface area contributed by atoms with Gasteiger partial charge < -0.3 is 14.1 Å². The molecule has 31 heavy (non-hydrogen) atoms. The fourth-order valence-electron chi connectivity index (χ4n) is 3.89. The number of carbonyl (C=O) groups is 1. The number of oxazole rings is 1. The molecule has 6 nitrogen and oxygen atoms in total. The Morgan fingerprint density at radius 1 is 1.26 bits per heavy atom. The number of rotatable bonds is 5. The Bertz CT molecular complexity index is 1130. The molecular formula is C24H24ClN3O3. The molecule has 1 aliphatic heterocycles. The van der Waals surface area contributed by atoms with Gasteiger partial charge in [-0.1, -0.05) is 37.6 Å². The summed E-state index contributed by atoms with van der Waals surface area (Å²) in [5.41, 5.74) is 1.91. The molecule has 1 fully saturated rings. The van der Waals surface area contributed by atoms with Crippen LogP contribution in [0.5, 0.6) is 5.75 Å². The van der Waals surface area contributed by atoms with Crippen molar-refractivity contribution < 1.29 is 13.9 Å². The molecule has 0 N–H and O–H groups in total. The molecule has 0 radical (unpaired) electrons. The molecule has 0 aliphatic carbocycles. The number of nitriles is 1. The topological polar surface area (TPSA) is 79.4 Å². The molecule has 0 saturated carbocycles. The fourth-order valence-corrected chi connectivity index (χ4v) is 4.06. The van der Waals surface area contributed by atoms with E-state index in [0.717, 1.165) is 23.9 Å². The van der Waals surface area contributed by atoms with E-state index in [0.29, 0.717) is 35.3 Å². The molecule has 0 spiro atoms. The van der Waals surface area contributed by atoms with Gasteiger partial charge in [0.15, 0.2) is 17.6 Å². The zero-order valence-electron chi connectivity index (χ0n) is 17.5. The van der Waals surface area contributed by atoms with Gasteiger partial charge in [-0.2, -0.15) is 5.26 Å². The molecular weight excluding hydrogens is 414 g/mol. The van der Waals surface area contributed by atoms with Crippen LogP contribution in [0.15, 0.2) is 46.9 Å². The summed E-state index contributed by atoms with van der Waals surface area (Å²) in [6.45, 7) is 5.12. The van der Waals surface area contributed by atoms with E-state index in [1.54, 1.807) is 36.4 Å². The van der Waals surface area contributed by atoms with Crippen LogP contribution in [0.4, 0.5) is 0 Å². The molecule has 3 aromatic rings. The second-order valence-corrected chi connectivity index (χ2v) is 8.59. The number of hydrogen-bond donors (Lipinski definition) is 0. The predicted molar refractivity (Wildman–Crippen MR) is 118 cm³/mol. The summed E-state index contributed by atoms with van der Waals surface area (Å²) in [5.74, 6) is 1.22. The van der Waals surface area contributed by atoms with Crippen LogP contribution in [0.3, 0.4) is 0 Å². The second-order valence-electron chi connectivity index (χ2n) is 8.15. The number of hydrogen-bond acceptors (Lipinski definition) is 5. The SMILES string of the molecule is CC(C)C(Oc1ccccc1C#N)C(=O)N1CCC(c2nc3cc(Cl)ccc3o2)CC1. The third kappa shape index (κ3) is 4.52. The Morgan fingerprint density at radius 2 is 2.00 bits per heavy atom. The normalized spacial score (nSPS) is 15.8. The number of fused-ring (bicyclic) bond motifs is 1. The van der Waals surface area contributed by atoms with E-state index in [1.807, 2.05) is 24.8 Å². The van der Waals surface area contributed by atoms with Crippen LogP contribution in [0, 0.1) is 17.2 Å². The minimum absolute atomic E-state index is 0.0289. The molecule has 0 bridgehead atoms. The summed E-state index contributed by atoms with van der Waals surface area (Å²) in [5, 5.41) is 9.94. The van der Waals surface area contributed by atoms with Crippen molar-refractivity contribution >= 4 is 28.6 Å². The summed E-state index contributed by atoms with van der Waals surface area (Å²) >= 11 is 6.04. The van der Waals surface area contributed by atoms with Gasteiger partial charge in [0.1, 0.15) is 17.3 Å². The lowest BCUT2D eigenvalue weighted by atomic mass is 9.95. The van der Waals surface area contributed by atoms with E-state index in [4.69, 9.17) is 20.8 Å². The maximum absolute atomic E-state index is 13.2. The zero-order valence-corrected chi connectivity index (χ0v) is 18.3. The monoisotopic (exact) mass is 437 g/mol. The number of piperidine rings is 1. The molecule has 7 heteroatoms. The summed E-state index contributed by atoms with van der Waals surface area (Å²) in [6.07, 6.45) is 0.898. The molecule has 1 saturated heterocycles. The predicted octanol–water partition coefficient (Wildman–Crippen LogP) is 5.16. The number of likely N-dealkylation sites (tertiary alicyclic amines) is 1. The molecule has 4 rings (SSSR count). The minimum atomic E-state index is -0.641. The third-order valence-corrected chi connectivity index (χ3v) is 5.87. The highest BCUT2D eigenvalue weighted by Gasteiger charge is 2.33. The number of benzene rings is 2. The highest BCUT2D eigenvalue weighted by atomic mass is 35.5. The van der Waals surface area contributed by atoms with Crippen LogP contribution in [0.2, 0.25) is 5.02 Å². The first-order valence-corrected chi connectivity index (χ1v) is 10.8. The van der Waals surface area contributed by atoms with Gasteiger partial charge in [0, 0.05) is 24.0 Å². The first kappa shape index (κ1) is 21.2. The smallest absolute Gasteiger partial charge is 0.263 e. The molecule has 1 aromatic heterocycles. The molecule has 160 valence electrons. The van der Waals surface area contributed by atoms with E-state index in [-0.39, 0.29) is 17.7 Å². The van der Waals surface area contributed by atoms with Crippen molar-refractivity contribution in [2.75, 3.05) is 13.1 Å². The number of amides is 1. The summed E-state index contributed by atoms with van der Waals surface area (Å²) < 4.78 is 11.9. The summed E-state index contributed by atoms with van der Waals surface area (Å²) in [4.78, 5) is 19.7. The Labute approximate surface area is 186 Å². The largest absolute Gasteiger partial charge is 0.479 e. The molecule has 1 unspecified atom stereocenters. The first-order chi connectivity index (χ1) is 15.0. The standard InChI is InChI=1S/C24H24ClN3O3/c1-15(2)22(30-20-6-4-3-5-17(20)14-26)24(29)28-11-9-16(10-12-28)23-27-19-13-18(25)7-8-21(19)31-23/h3-8,13,15-16,22H,9-12H2,1-2H3. The van der Waals surface area contributed by atoms with Crippen molar-refractivity contribution in [3.05, 3.63) is 58.9 Å². The second kappa shape index (κ2) is 8.99. The van der Waals surface area contributed by atoms with Gasteiger partial charge in [-0.25, -0.2) is 4.98 Å². The van der Waals surface area contributed by atoms with Crippen LogP contribution < -0.4 is 4.74 Å².